The van der Waals surface area contributed by atoms with Crippen molar-refractivity contribution < 1.29 is 0 Å². The fraction of sp³-hybridized carbons (Fsp3) is 0.591. The Morgan fingerprint density at radius 2 is 2.03 bits per heavy atom. The minimum absolute atomic E-state index is 0. The van der Waals surface area contributed by atoms with Gasteiger partial charge in [-0.05, 0) is 43.6 Å². The molecule has 0 saturated heterocycles. The average Bonchev–Trinajstić information content (AvgIpc) is 3.44. The van der Waals surface area contributed by atoms with Gasteiger partial charge in [0, 0.05) is 25.6 Å². The summed E-state index contributed by atoms with van der Waals surface area (Å²) in [5.74, 6) is 3.70. The number of aliphatic imine (C=N–C) groups is 1. The maximum absolute atomic E-state index is 4.89. The van der Waals surface area contributed by atoms with Crippen molar-refractivity contribution in [2.24, 2.45) is 16.8 Å². The molecule has 6 nitrogen and oxygen atoms in total. The minimum atomic E-state index is 0. The van der Waals surface area contributed by atoms with Gasteiger partial charge in [0.15, 0.2) is 5.96 Å². The Labute approximate surface area is 191 Å². The molecular weight excluding hydrogens is 475 g/mol. The molecule has 2 fully saturated rings. The van der Waals surface area contributed by atoms with Crippen LogP contribution < -0.4 is 10.6 Å². The van der Waals surface area contributed by atoms with Gasteiger partial charge in [0.1, 0.15) is 12.2 Å². The van der Waals surface area contributed by atoms with Crippen LogP contribution in [0.3, 0.4) is 0 Å². The molecule has 2 aliphatic carbocycles. The Balaban J connectivity index is 0.00000240. The van der Waals surface area contributed by atoms with E-state index >= 15 is 0 Å². The first kappa shape index (κ1) is 22.1. The topological polar surface area (TPSA) is 67.1 Å². The molecule has 158 valence electrons. The van der Waals surface area contributed by atoms with Crippen LogP contribution in [0.1, 0.15) is 49.6 Å². The minimum Gasteiger partial charge on any atom is -0.355 e. The highest BCUT2D eigenvalue weighted by atomic mass is 127. The number of aryl methyl sites for hydroxylation is 2. The van der Waals surface area contributed by atoms with Gasteiger partial charge in [-0.2, -0.15) is 0 Å². The number of nitrogens with one attached hydrogen (secondary N) is 2. The summed E-state index contributed by atoms with van der Waals surface area (Å²) < 4.78 is 2.11. The van der Waals surface area contributed by atoms with Gasteiger partial charge >= 0.3 is 0 Å². The summed E-state index contributed by atoms with van der Waals surface area (Å²) in [4.78, 5) is 4.89. The molecule has 0 radical (unpaired) electrons. The molecule has 4 rings (SSSR count). The zero-order valence-electron chi connectivity index (χ0n) is 17.5. The van der Waals surface area contributed by atoms with Crippen LogP contribution in [0.5, 0.6) is 0 Å². The Hall–Kier alpha value is -1.64. The van der Waals surface area contributed by atoms with Gasteiger partial charge < -0.3 is 15.2 Å². The van der Waals surface area contributed by atoms with E-state index in [1.165, 1.54) is 36.8 Å². The SMILES string of the molecule is CCc1nncn1CCNC(=NCc1ccc(C)cc1)NC1CC2CCC1C2.I. The van der Waals surface area contributed by atoms with Gasteiger partial charge in [0.2, 0.25) is 0 Å². The lowest BCUT2D eigenvalue weighted by molar-refractivity contribution is 0.387. The third-order valence-corrected chi connectivity index (χ3v) is 6.26. The molecule has 2 N–H and O–H groups in total. The number of benzene rings is 1. The monoisotopic (exact) mass is 508 g/mol. The van der Waals surface area contributed by atoms with Crippen LogP contribution in [0.2, 0.25) is 0 Å². The number of halogens is 1. The van der Waals surface area contributed by atoms with Gasteiger partial charge in [-0.1, -0.05) is 43.2 Å². The van der Waals surface area contributed by atoms with Crippen molar-refractivity contribution in [2.45, 2.75) is 65.1 Å². The van der Waals surface area contributed by atoms with Crippen LogP contribution >= 0.6 is 24.0 Å². The van der Waals surface area contributed by atoms with Crippen molar-refractivity contribution >= 4 is 29.9 Å². The van der Waals surface area contributed by atoms with Gasteiger partial charge in [-0.3, -0.25) is 0 Å². The van der Waals surface area contributed by atoms with Gasteiger partial charge in [0.05, 0.1) is 6.54 Å². The van der Waals surface area contributed by atoms with Gasteiger partial charge in [0.25, 0.3) is 0 Å². The van der Waals surface area contributed by atoms with E-state index in [1.54, 1.807) is 0 Å². The molecule has 2 saturated carbocycles. The number of hydrogen-bond donors (Lipinski definition) is 2. The smallest absolute Gasteiger partial charge is 0.191 e. The normalized spacial score (nSPS) is 23.1. The lowest BCUT2D eigenvalue weighted by Crippen LogP contribution is -2.46. The maximum atomic E-state index is 4.89. The molecule has 2 bridgehead atoms. The third kappa shape index (κ3) is 5.71. The summed E-state index contributed by atoms with van der Waals surface area (Å²) in [6.07, 6.45) is 8.18. The second-order valence-electron chi connectivity index (χ2n) is 8.30. The molecule has 0 amide bonds. The summed E-state index contributed by atoms with van der Waals surface area (Å²) >= 11 is 0. The number of nitrogens with zero attached hydrogens (tertiary/aromatic N) is 4. The first-order chi connectivity index (χ1) is 13.7. The van der Waals surface area contributed by atoms with Crippen molar-refractivity contribution in [1.29, 1.82) is 0 Å². The van der Waals surface area contributed by atoms with Crippen molar-refractivity contribution in [1.82, 2.24) is 25.4 Å². The van der Waals surface area contributed by atoms with Crippen LogP contribution in [-0.2, 0) is 19.5 Å². The average molecular weight is 508 g/mol. The van der Waals surface area contributed by atoms with E-state index in [0.29, 0.717) is 12.6 Å². The lowest BCUT2D eigenvalue weighted by Gasteiger charge is -2.25. The zero-order valence-corrected chi connectivity index (χ0v) is 19.8. The Morgan fingerprint density at radius 3 is 2.72 bits per heavy atom. The molecule has 1 aromatic heterocycles. The Kier molecular flexibility index (Phi) is 7.91. The molecular formula is C22H33IN6. The van der Waals surface area contributed by atoms with Crippen LogP contribution in [-0.4, -0.2) is 33.3 Å². The van der Waals surface area contributed by atoms with Crippen LogP contribution in [0.25, 0.3) is 0 Å². The summed E-state index contributed by atoms with van der Waals surface area (Å²) in [5, 5.41) is 15.5. The summed E-state index contributed by atoms with van der Waals surface area (Å²) in [6.45, 7) is 6.58. The van der Waals surface area contributed by atoms with Crippen LogP contribution in [0, 0.1) is 18.8 Å². The molecule has 2 aliphatic rings. The quantitative estimate of drug-likeness (QED) is 0.340. The van der Waals surface area contributed by atoms with Gasteiger partial charge in [-0.15, -0.1) is 34.2 Å². The summed E-state index contributed by atoms with van der Waals surface area (Å²) in [7, 11) is 0. The second kappa shape index (κ2) is 10.4. The zero-order chi connectivity index (χ0) is 19.3. The third-order valence-electron chi connectivity index (χ3n) is 6.26. The highest BCUT2D eigenvalue weighted by molar-refractivity contribution is 14.0. The Morgan fingerprint density at radius 1 is 1.21 bits per heavy atom. The standard InChI is InChI=1S/C22H32N6.HI/c1-3-21-27-25-15-28(21)11-10-23-22(24-14-17-6-4-16(2)5-7-17)26-20-13-18-8-9-19(20)12-18;/h4-7,15,18-20H,3,8-14H2,1-2H3,(H2,23,24,26);1H. The predicted octanol–water partition coefficient (Wildman–Crippen LogP) is 3.69. The molecule has 3 unspecified atom stereocenters. The van der Waals surface area contributed by atoms with E-state index < -0.39 is 0 Å². The van der Waals surface area contributed by atoms with E-state index in [2.05, 4.69) is 63.5 Å². The molecule has 3 atom stereocenters. The van der Waals surface area contributed by atoms with Crippen molar-refractivity contribution in [3.8, 4) is 0 Å². The van der Waals surface area contributed by atoms with E-state index in [0.717, 1.165) is 43.1 Å². The second-order valence-corrected chi connectivity index (χ2v) is 8.30. The molecule has 29 heavy (non-hydrogen) atoms. The maximum Gasteiger partial charge on any atom is 0.191 e. The van der Waals surface area contributed by atoms with E-state index in [1.807, 2.05) is 6.33 Å². The predicted molar refractivity (Wildman–Crippen MR) is 128 cm³/mol. The van der Waals surface area contributed by atoms with E-state index in [9.17, 15) is 0 Å². The molecule has 0 aliphatic heterocycles. The summed E-state index contributed by atoms with van der Waals surface area (Å²) in [5.41, 5.74) is 2.53. The van der Waals surface area contributed by atoms with E-state index in [-0.39, 0.29) is 24.0 Å². The summed E-state index contributed by atoms with van der Waals surface area (Å²) in [6, 6.07) is 9.21. The number of guanidine groups is 1. The molecule has 2 aromatic rings. The molecule has 7 heteroatoms. The number of rotatable bonds is 7. The lowest BCUT2D eigenvalue weighted by atomic mass is 9.95. The fourth-order valence-electron chi connectivity index (χ4n) is 4.65. The first-order valence-electron chi connectivity index (χ1n) is 10.7. The molecule has 1 aromatic carbocycles. The fourth-order valence-corrected chi connectivity index (χ4v) is 4.65. The molecule has 0 spiro atoms. The van der Waals surface area contributed by atoms with Crippen molar-refractivity contribution in [2.75, 3.05) is 6.54 Å². The van der Waals surface area contributed by atoms with Crippen LogP contribution in [0.15, 0.2) is 35.6 Å². The highest BCUT2D eigenvalue weighted by Crippen LogP contribution is 2.44. The number of hydrogen-bond acceptors (Lipinski definition) is 3. The van der Waals surface area contributed by atoms with Gasteiger partial charge in [-0.25, -0.2) is 4.99 Å². The number of aromatic nitrogens is 3. The number of fused-ring (bicyclic) bond motifs is 2. The van der Waals surface area contributed by atoms with Crippen molar-refractivity contribution in [3.05, 3.63) is 47.5 Å². The largest absolute Gasteiger partial charge is 0.355 e. The Bertz CT molecular complexity index is 800. The van der Waals surface area contributed by atoms with Crippen LogP contribution in [0.4, 0.5) is 0 Å². The highest BCUT2D eigenvalue weighted by Gasteiger charge is 2.39. The first-order valence-corrected chi connectivity index (χ1v) is 10.7. The van der Waals surface area contributed by atoms with Crippen molar-refractivity contribution in [3.63, 3.8) is 0 Å². The molecule has 1 heterocycles. The van der Waals surface area contributed by atoms with E-state index in [4.69, 9.17) is 4.99 Å².